The molecule has 0 saturated carbocycles. The van der Waals surface area contributed by atoms with Crippen LogP contribution in [0.25, 0.3) is 0 Å². The van der Waals surface area contributed by atoms with Gasteiger partial charge in [0.15, 0.2) is 0 Å². The summed E-state index contributed by atoms with van der Waals surface area (Å²) in [6.45, 7) is 4.39. The number of hydrogen-bond acceptors (Lipinski definition) is 3. The van der Waals surface area contributed by atoms with Gasteiger partial charge in [-0.2, -0.15) is 0 Å². The number of aliphatic hydroxyl groups excluding tert-OH is 1. The van der Waals surface area contributed by atoms with Gasteiger partial charge in [0, 0.05) is 6.08 Å². The topological polar surface area (TPSA) is 46.5 Å². The molecule has 21 heavy (non-hydrogen) atoms. The lowest BCUT2D eigenvalue weighted by molar-refractivity contribution is -0.137. The van der Waals surface area contributed by atoms with Crippen LogP contribution in [-0.2, 0) is 9.53 Å². The molecule has 0 bridgehead atoms. The third-order valence-electron chi connectivity index (χ3n) is 3.59. The number of rotatable bonds is 14. The molecule has 0 saturated heterocycles. The fourth-order valence-electron chi connectivity index (χ4n) is 2.32. The van der Waals surface area contributed by atoms with E-state index >= 15 is 0 Å². The van der Waals surface area contributed by atoms with Crippen molar-refractivity contribution in [2.45, 2.75) is 90.6 Å². The molecule has 0 aromatic rings. The van der Waals surface area contributed by atoms with Gasteiger partial charge in [-0.1, -0.05) is 71.1 Å². The number of esters is 1. The van der Waals surface area contributed by atoms with Gasteiger partial charge in [-0.3, -0.25) is 0 Å². The van der Waals surface area contributed by atoms with Crippen molar-refractivity contribution in [3.8, 4) is 0 Å². The van der Waals surface area contributed by atoms with E-state index in [-0.39, 0.29) is 5.97 Å². The lowest BCUT2D eigenvalue weighted by atomic mass is 10.0. The van der Waals surface area contributed by atoms with E-state index in [4.69, 9.17) is 4.74 Å². The van der Waals surface area contributed by atoms with Crippen molar-refractivity contribution in [2.24, 2.45) is 0 Å². The van der Waals surface area contributed by atoms with Gasteiger partial charge in [0.25, 0.3) is 0 Å². The molecule has 0 aromatic carbocycles. The quantitative estimate of drug-likeness (QED) is 0.285. The predicted molar refractivity (Wildman–Crippen MR) is 88.2 cm³/mol. The Bertz CT molecular complexity index is 261. The predicted octanol–water partition coefficient (Wildman–Crippen LogP) is 4.78. The van der Waals surface area contributed by atoms with Crippen LogP contribution in [0.4, 0.5) is 0 Å². The van der Waals surface area contributed by atoms with E-state index in [2.05, 4.69) is 6.92 Å². The lowest BCUT2D eigenvalue weighted by Gasteiger charge is -2.05. The maximum absolute atomic E-state index is 11.1. The second kappa shape index (κ2) is 15.6. The van der Waals surface area contributed by atoms with Crippen molar-refractivity contribution in [1.29, 1.82) is 0 Å². The molecule has 0 aliphatic rings. The molecule has 1 unspecified atom stereocenters. The van der Waals surface area contributed by atoms with Crippen molar-refractivity contribution in [3.05, 3.63) is 12.2 Å². The summed E-state index contributed by atoms with van der Waals surface area (Å²) in [6, 6.07) is 0. The summed E-state index contributed by atoms with van der Waals surface area (Å²) < 4.78 is 4.76. The van der Waals surface area contributed by atoms with Crippen LogP contribution >= 0.6 is 0 Å². The summed E-state index contributed by atoms with van der Waals surface area (Å²) in [4.78, 5) is 11.1. The molecule has 3 heteroatoms. The molecular formula is C18H34O3. The highest BCUT2D eigenvalue weighted by Crippen LogP contribution is 2.12. The fourth-order valence-corrected chi connectivity index (χ4v) is 2.32. The van der Waals surface area contributed by atoms with Gasteiger partial charge in [0.1, 0.15) is 0 Å². The van der Waals surface area contributed by atoms with Crippen LogP contribution in [0.3, 0.4) is 0 Å². The number of aliphatic hydroxyl groups is 1. The number of ether oxygens (including phenoxy) is 1. The summed E-state index contributed by atoms with van der Waals surface area (Å²) in [5.41, 5.74) is 0. The Morgan fingerprint density at radius 2 is 1.48 bits per heavy atom. The standard InChI is InChI=1S/C18H34O3/c1-3-5-6-7-8-9-10-11-12-13-14-17(19)15-16-18(20)21-4-2/h15-17,19H,3-14H2,1-2H3. The van der Waals surface area contributed by atoms with Gasteiger partial charge in [0.05, 0.1) is 12.7 Å². The fraction of sp³-hybridized carbons (Fsp3) is 0.833. The smallest absolute Gasteiger partial charge is 0.330 e. The minimum Gasteiger partial charge on any atom is -0.463 e. The Morgan fingerprint density at radius 3 is 2.00 bits per heavy atom. The molecule has 0 aromatic heterocycles. The zero-order valence-electron chi connectivity index (χ0n) is 14.0. The molecule has 0 rings (SSSR count). The summed E-state index contributed by atoms with van der Waals surface area (Å²) in [6.07, 6.45) is 16.0. The normalized spacial score (nSPS) is 12.7. The molecule has 0 aliphatic carbocycles. The summed E-state index contributed by atoms with van der Waals surface area (Å²) in [5, 5.41) is 9.69. The zero-order chi connectivity index (χ0) is 15.8. The maximum Gasteiger partial charge on any atom is 0.330 e. The molecule has 0 fully saturated rings. The van der Waals surface area contributed by atoms with Crippen molar-refractivity contribution >= 4 is 5.97 Å². The van der Waals surface area contributed by atoms with Gasteiger partial charge in [0.2, 0.25) is 0 Å². The lowest BCUT2D eigenvalue weighted by Crippen LogP contribution is -2.05. The molecule has 0 aliphatic heterocycles. The molecule has 1 N–H and O–H groups in total. The summed E-state index contributed by atoms with van der Waals surface area (Å²) in [7, 11) is 0. The summed E-state index contributed by atoms with van der Waals surface area (Å²) in [5.74, 6) is -0.375. The van der Waals surface area contributed by atoms with E-state index in [1.165, 1.54) is 69.9 Å². The number of carbonyl (C=O) groups is 1. The molecule has 0 heterocycles. The van der Waals surface area contributed by atoms with E-state index in [1.807, 2.05) is 0 Å². The first-order chi connectivity index (χ1) is 10.2. The van der Waals surface area contributed by atoms with Gasteiger partial charge < -0.3 is 9.84 Å². The molecule has 124 valence electrons. The molecular weight excluding hydrogens is 264 g/mol. The van der Waals surface area contributed by atoms with Crippen LogP contribution in [0.5, 0.6) is 0 Å². The van der Waals surface area contributed by atoms with Crippen LogP contribution in [-0.4, -0.2) is 23.8 Å². The van der Waals surface area contributed by atoms with E-state index in [1.54, 1.807) is 6.92 Å². The van der Waals surface area contributed by atoms with Crippen LogP contribution in [0.15, 0.2) is 12.2 Å². The highest BCUT2D eigenvalue weighted by atomic mass is 16.5. The first-order valence-electron chi connectivity index (χ1n) is 8.73. The van der Waals surface area contributed by atoms with E-state index in [9.17, 15) is 9.90 Å². The molecule has 0 radical (unpaired) electrons. The van der Waals surface area contributed by atoms with Crippen LogP contribution < -0.4 is 0 Å². The second-order valence-corrected chi connectivity index (χ2v) is 5.65. The highest BCUT2D eigenvalue weighted by Gasteiger charge is 2.01. The van der Waals surface area contributed by atoms with E-state index in [0.29, 0.717) is 6.61 Å². The Kier molecular flexibility index (Phi) is 14.9. The molecule has 1 atom stereocenters. The average molecular weight is 298 g/mol. The Morgan fingerprint density at radius 1 is 0.952 bits per heavy atom. The second-order valence-electron chi connectivity index (χ2n) is 5.65. The minimum atomic E-state index is -0.525. The monoisotopic (exact) mass is 298 g/mol. The third-order valence-corrected chi connectivity index (χ3v) is 3.59. The van der Waals surface area contributed by atoms with Gasteiger partial charge in [-0.25, -0.2) is 4.79 Å². The minimum absolute atomic E-state index is 0.373. The Hall–Kier alpha value is -0.830. The zero-order valence-corrected chi connectivity index (χ0v) is 14.0. The van der Waals surface area contributed by atoms with Gasteiger partial charge in [-0.05, 0) is 19.4 Å². The Labute approximate surface area is 130 Å². The van der Waals surface area contributed by atoms with Crippen LogP contribution in [0.2, 0.25) is 0 Å². The van der Waals surface area contributed by atoms with Gasteiger partial charge >= 0.3 is 5.97 Å². The maximum atomic E-state index is 11.1. The third kappa shape index (κ3) is 15.4. The van der Waals surface area contributed by atoms with Crippen molar-refractivity contribution in [3.63, 3.8) is 0 Å². The highest BCUT2D eigenvalue weighted by molar-refractivity contribution is 5.81. The SMILES string of the molecule is CCCCCCCCCCCCC(O)C=CC(=O)OCC. The van der Waals surface area contributed by atoms with Crippen molar-refractivity contribution in [2.75, 3.05) is 6.61 Å². The van der Waals surface area contributed by atoms with Crippen molar-refractivity contribution in [1.82, 2.24) is 0 Å². The largest absolute Gasteiger partial charge is 0.463 e. The Balaban J connectivity index is 3.32. The first-order valence-corrected chi connectivity index (χ1v) is 8.73. The average Bonchev–Trinajstić information content (AvgIpc) is 2.47. The molecule has 0 spiro atoms. The van der Waals surface area contributed by atoms with Gasteiger partial charge in [-0.15, -0.1) is 0 Å². The van der Waals surface area contributed by atoms with Crippen molar-refractivity contribution < 1.29 is 14.6 Å². The van der Waals surface area contributed by atoms with Crippen LogP contribution in [0, 0.1) is 0 Å². The molecule has 0 amide bonds. The number of hydrogen-bond donors (Lipinski definition) is 1. The van der Waals surface area contributed by atoms with E-state index in [0.717, 1.165) is 12.8 Å². The number of carbonyl (C=O) groups excluding carboxylic acids is 1. The molecule has 3 nitrogen and oxygen atoms in total. The van der Waals surface area contributed by atoms with E-state index < -0.39 is 6.10 Å². The van der Waals surface area contributed by atoms with Crippen LogP contribution in [0.1, 0.15) is 84.5 Å². The summed E-state index contributed by atoms with van der Waals surface area (Å²) >= 11 is 0. The number of unbranched alkanes of at least 4 members (excludes halogenated alkanes) is 9. The first kappa shape index (κ1) is 20.2.